The van der Waals surface area contributed by atoms with Crippen LogP contribution in [0.15, 0.2) is 0 Å². The molecule has 0 unspecified atom stereocenters. The first-order valence-electron chi connectivity index (χ1n) is 2.80. The van der Waals surface area contributed by atoms with E-state index >= 15 is 0 Å². The van der Waals surface area contributed by atoms with Gasteiger partial charge in [0.1, 0.15) is 5.82 Å². The van der Waals surface area contributed by atoms with Crippen LogP contribution in [0, 0.1) is 6.92 Å². The molecule has 0 spiro atoms. The third-order valence-corrected chi connectivity index (χ3v) is 1.21. The lowest BCUT2D eigenvalue weighted by Crippen LogP contribution is -1.99. The van der Waals surface area contributed by atoms with Gasteiger partial charge in [0.05, 0.1) is 6.54 Å². The molecule has 0 radical (unpaired) electrons. The third-order valence-electron chi connectivity index (χ3n) is 1.21. The van der Waals surface area contributed by atoms with E-state index in [9.17, 15) is 0 Å². The van der Waals surface area contributed by atoms with E-state index in [0.717, 1.165) is 5.82 Å². The Morgan fingerprint density at radius 1 is 1.42 bits per heavy atom. The number of rotatable bonds is 1. The van der Waals surface area contributed by atoms with Crippen molar-refractivity contribution in [2.45, 2.75) is 13.5 Å². The van der Waals surface area contributed by atoms with Gasteiger partial charge in [0.2, 0.25) is 0 Å². The largest absolute Gasteiger partial charge is 0.412 e. The van der Waals surface area contributed by atoms with Gasteiger partial charge in [-0.25, -0.2) is 4.98 Å². The predicted octanol–water partition coefficient (Wildman–Crippen LogP) is -0.399. The molecule has 0 amide bonds. The SMILES string of the molecule is Cc1nc(CN)nn1C.Cl.Cl.O. The fourth-order valence-electron chi connectivity index (χ4n) is 0.613. The van der Waals surface area contributed by atoms with Crippen LogP contribution >= 0.6 is 24.8 Å². The summed E-state index contributed by atoms with van der Waals surface area (Å²) >= 11 is 0. The Morgan fingerprint density at radius 3 is 2.08 bits per heavy atom. The van der Waals surface area contributed by atoms with Gasteiger partial charge in [0, 0.05) is 7.05 Å². The van der Waals surface area contributed by atoms with Crippen LogP contribution in [-0.2, 0) is 13.6 Å². The Bertz CT molecular complexity index is 196. The first kappa shape index (κ1) is 17.7. The highest BCUT2D eigenvalue weighted by molar-refractivity contribution is 5.85. The van der Waals surface area contributed by atoms with E-state index in [2.05, 4.69) is 10.1 Å². The average molecular weight is 217 g/mol. The minimum absolute atomic E-state index is 0. The van der Waals surface area contributed by atoms with Crippen molar-refractivity contribution in [3.8, 4) is 0 Å². The standard InChI is InChI=1S/C5H10N4.2ClH.H2O/c1-4-7-5(3-6)8-9(4)2;;;/h3,6H2,1-2H3;2*1H;1H2. The van der Waals surface area contributed by atoms with Gasteiger partial charge in [-0.15, -0.1) is 24.8 Å². The van der Waals surface area contributed by atoms with Gasteiger partial charge in [0.25, 0.3) is 0 Å². The molecule has 1 heterocycles. The highest BCUT2D eigenvalue weighted by Crippen LogP contribution is 1.91. The van der Waals surface area contributed by atoms with Crippen LogP contribution in [0.5, 0.6) is 0 Å². The first-order valence-corrected chi connectivity index (χ1v) is 2.80. The van der Waals surface area contributed by atoms with E-state index in [1.54, 1.807) is 4.68 Å². The summed E-state index contributed by atoms with van der Waals surface area (Å²) in [5, 5.41) is 4.01. The Kier molecular flexibility index (Phi) is 10.7. The molecular formula is C5H14Cl2N4O. The molecule has 0 fully saturated rings. The van der Waals surface area contributed by atoms with E-state index in [-0.39, 0.29) is 30.3 Å². The Hall–Kier alpha value is -0.360. The van der Waals surface area contributed by atoms with Crippen LogP contribution in [0.4, 0.5) is 0 Å². The van der Waals surface area contributed by atoms with E-state index in [0.29, 0.717) is 12.4 Å². The summed E-state index contributed by atoms with van der Waals surface area (Å²) < 4.78 is 1.71. The fraction of sp³-hybridized carbons (Fsp3) is 0.600. The predicted molar refractivity (Wildman–Crippen MR) is 51.7 cm³/mol. The number of nitrogens with two attached hydrogens (primary N) is 1. The maximum atomic E-state index is 5.29. The summed E-state index contributed by atoms with van der Waals surface area (Å²) in [5.74, 6) is 1.60. The van der Waals surface area contributed by atoms with Gasteiger partial charge in [0.15, 0.2) is 5.82 Å². The lowest BCUT2D eigenvalue weighted by Gasteiger charge is -1.85. The highest BCUT2D eigenvalue weighted by atomic mass is 35.5. The summed E-state index contributed by atoms with van der Waals surface area (Å²) in [5.41, 5.74) is 5.29. The zero-order valence-corrected chi connectivity index (χ0v) is 8.58. The summed E-state index contributed by atoms with van der Waals surface area (Å²) in [6.45, 7) is 2.31. The van der Waals surface area contributed by atoms with Crippen molar-refractivity contribution in [2.24, 2.45) is 12.8 Å². The average Bonchev–Trinajstić information content (AvgIpc) is 2.13. The first-order chi connectivity index (χ1) is 4.24. The van der Waals surface area contributed by atoms with E-state index < -0.39 is 0 Å². The number of nitrogens with zero attached hydrogens (tertiary/aromatic N) is 3. The lowest BCUT2D eigenvalue weighted by molar-refractivity contribution is 0.720. The maximum absolute atomic E-state index is 5.29. The molecular weight excluding hydrogens is 203 g/mol. The summed E-state index contributed by atoms with van der Waals surface area (Å²) in [6, 6.07) is 0. The molecule has 5 nitrogen and oxygen atoms in total. The van der Waals surface area contributed by atoms with Crippen LogP contribution < -0.4 is 5.73 Å². The molecule has 0 saturated carbocycles. The van der Waals surface area contributed by atoms with Crippen molar-refractivity contribution >= 4 is 24.8 Å². The molecule has 0 bridgehead atoms. The number of hydrogen-bond donors (Lipinski definition) is 1. The molecule has 1 rings (SSSR count). The van der Waals surface area contributed by atoms with Gasteiger partial charge < -0.3 is 11.2 Å². The molecule has 0 aliphatic heterocycles. The molecule has 0 aliphatic rings. The second-order valence-corrected chi connectivity index (χ2v) is 1.90. The van der Waals surface area contributed by atoms with Crippen LogP contribution in [0.3, 0.4) is 0 Å². The van der Waals surface area contributed by atoms with Crippen molar-refractivity contribution in [1.29, 1.82) is 0 Å². The summed E-state index contributed by atoms with van der Waals surface area (Å²) in [7, 11) is 1.85. The molecule has 74 valence electrons. The van der Waals surface area contributed by atoms with Crippen molar-refractivity contribution in [3.05, 3.63) is 11.6 Å². The Morgan fingerprint density at radius 2 is 1.92 bits per heavy atom. The third kappa shape index (κ3) is 3.87. The zero-order chi connectivity index (χ0) is 6.85. The second-order valence-electron chi connectivity index (χ2n) is 1.90. The minimum Gasteiger partial charge on any atom is -0.412 e. The van der Waals surface area contributed by atoms with E-state index in [1.807, 2.05) is 14.0 Å². The van der Waals surface area contributed by atoms with Crippen molar-refractivity contribution in [1.82, 2.24) is 14.8 Å². The van der Waals surface area contributed by atoms with Gasteiger partial charge in [-0.05, 0) is 6.92 Å². The van der Waals surface area contributed by atoms with Crippen LogP contribution in [0.1, 0.15) is 11.6 Å². The summed E-state index contributed by atoms with van der Waals surface area (Å²) in [4.78, 5) is 4.06. The molecule has 0 saturated heterocycles. The van der Waals surface area contributed by atoms with Gasteiger partial charge in [-0.1, -0.05) is 0 Å². The molecule has 0 aromatic carbocycles. The van der Waals surface area contributed by atoms with Crippen LogP contribution in [0.2, 0.25) is 0 Å². The number of aryl methyl sites for hydroxylation is 2. The summed E-state index contributed by atoms with van der Waals surface area (Å²) in [6.07, 6.45) is 0. The molecule has 1 aromatic rings. The normalized spacial score (nSPS) is 7.58. The second kappa shape index (κ2) is 7.30. The number of aromatic nitrogens is 3. The van der Waals surface area contributed by atoms with E-state index in [4.69, 9.17) is 5.73 Å². The van der Waals surface area contributed by atoms with Gasteiger partial charge in [-0.3, -0.25) is 4.68 Å². The minimum atomic E-state index is 0. The van der Waals surface area contributed by atoms with Gasteiger partial charge in [-0.2, -0.15) is 5.10 Å². The molecule has 7 heteroatoms. The molecule has 0 aliphatic carbocycles. The quantitative estimate of drug-likeness (QED) is 0.694. The zero-order valence-electron chi connectivity index (χ0n) is 6.94. The van der Waals surface area contributed by atoms with Gasteiger partial charge >= 0.3 is 0 Å². The molecule has 0 atom stereocenters. The topological polar surface area (TPSA) is 88.2 Å². The van der Waals surface area contributed by atoms with Crippen LogP contribution in [0.25, 0.3) is 0 Å². The van der Waals surface area contributed by atoms with Crippen molar-refractivity contribution < 1.29 is 5.48 Å². The highest BCUT2D eigenvalue weighted by Gasteiger charge is 1.97. The molecule has 1 aromatic heterocycles. The monoisotopic (exact) mass is 216 g/mol. The van der Waals surface area contributed by atoms with E-state index in [1.165, 1.54) is 0 Å². The van der Waals surface area contributed by atoms with Crippen molar-refractivity contribution in [2.75, 3.05) is 0 Å². The van der Waals surface area contributed by atoms with Crippen molar-refractivity contribution in [3.63, 3.8) is 0 Å². The van der Waals surface area contributed by atoms with Crippen LogP contribution in [-0.4, -0.2) is 20.2 Å². The maximum Gasteiger partial charge on any atom is 0.164 e. The smallest absolute Gasteiger partial charge is 0.164 e. The number of halogens is 2. The number of hydrogen-bond acceptors (Lipinski definition) is 3. The lowest BCUT2D eigenvalue weighted by atomic mass is 10.6. The Labute approximate surface area is 83.5 Å². The fourth-order valence-corrected chi connectivity index (χ4v) is 0.613. The molecule has 12 heavy (non-hydrogen) atoms. The molecule has 4 N–H and O–H groups in total. The Balaban J connectivity index is -0.000000270.